The Morgan fingerprint density at radius 2 is 1.92 bits per heavy atom. The lowest BCUT2D eigenvalue weighted by Gasteiger charge is -2.26. The van der Waals surface area contributed by atoms with Crippen LogP contribution in [0.1, 0.15) is 43.2 Å². The van der Waals surface area contributed by atoms with Crippen LogP contribution in [0.4, 0.5) is 13.2 Å². The number of nitrogens with two attached hydrogens (primary N) is 1. The van der Waals surface area contributed by atoms with Crippen LogP contribution in [-0.4, -0.2) is 16.2 Å². The predicted octanol–water partition coefficient (Wildman–Crippen LogP) is 3.92. The second kappa shape index (κ2) is 8.26. The van der Waals surface area contributed by atoms with Crippen LogP contribution in [0.2, 0.25) is 0 Å². The summed E-state index contributed by atoms with van der Waals surface area (Å²) in [6, 6.07) is 3.92. The summed E-state index contributed by atoms with van der Waals surface area (Å²) >= 11 is 0. The van der Waals surface area contributed by atoms with Crippen LogP contribution in [0.25, 0.3) is 11.5 Å². The number of hydrogen-bond acceptors (Lipinski definition) is 4. The molecule has 0 saturated heterocycles. The van der Waals surface area contributed by atoms with Crippen LogP contribution in [0.5, 0.6) is 0 Å². The molecule has 0 aliphatic heterocycles. The minimum Gasteiger partial charge on any atom is -0.388 e. The molecule has 26 heavy (non-hydrogen) atoms. The van der Waals surface area contributed by atoms with Crippen molar-refractivity contribution < 1.29 is 17.6 Å². The number of aryl methyl sites for hydroxylation is 1. The van der Waals surface area contributed by atoms with Gasteiger partial charge >= 0.3 is 11.9 Å². The maximum Gasteiger partial charge on any atom is 0.434 e. The molecule has 1 aromatic heterocycles. The van der Waals surface area contributed by atoms with Crippen molar-refractivity contribution in [1.29, 1.82) is 0 Å². The Balaban J connectivity index is 0.00000243. The minimum atomic E-state index is -4.42. The van der Waals surface area contributed by atoms with Gasteiger partial charge in [-0.3, -0.25) is 0 Å². The SMILES string of the molecule is Cl.NC1CCC(CCc2cc(-c3n[nH]c(=O)o3)ccc2C(F)(F)F)CC1. The van der Waals surface area contributed by atoms with Gasteiger partial charge in [-0.15, -0.1) is 17.5 Å². The standard InChI is InChI=1S/C17H20F3N3O2.ClH/c18-17(19,20)14-8-5-12(15-22-23-16(24)25-15)9-11(14)4-1-10-2-6-13(21)7-3-10;/h5,8-10,13H,1-4,6-7,21H2,(H,23,24);1H. The van der Waals surface area contributed by atoms with Gasteiger partial charge in [-0.2, -0.15) is 13.2 Å². The van der Waals surface area contributed by atoms with Gasteiger partial charge < -0.3 is 10.2 Å². The number of H-pyrrole nitrogens is 1. The molecule has 0 unspecified atom stereocenters. The van der Waals surface area contributed by atoms with Gasteiger partial charge in [0, 0.05) is 11.6 Å². The monoisotopic (exact) mass is 391 g/mol. The molecule has 0 radical (unpaired) electrons. The molecule has 3 N–H and O–H groups in total. The summed E-state index contributed by atoms with van der Waals surface area (Å²) in [6.07, 6.45) is 0.341. The number of nitrogens with zero attached hydrogens (tertiary/aromatic N) is 1. The van der Waals surface area contributed by atoms with E-state index in [1.54, 1.807) is 0 Å². The van der Waals surface area contributed by atoms with Gasteiger partial charge in [0.05, 0.1) is 5.56 Å². The lowest BCUT2D eigenvalue weighted by atomic mass is 9.82. The van der Waals surface area contributed by atoms with E-state index in [1.165, 1.54) is 12.1 Å². The number of rotatable bonds is 4. The Morgan fingerprint density at radius 3 is 2.50 bits per heavy atom. The lowest BCUT2D eigenvalue weighted by Crippen LogP contribution is -2.26. The van der Waals surface area contributed by atoms with Crippen molar-refractivity contribution in [2.45, 2.75) is 50.7 Å². The molecule has 0 amide bonds. The zero-order valence-corrected chi connectivity index (χ0v) is 14.8. The van der Waals surface area contributed by atoms with Crippen molar-refractivity contribution in [2.24, 2.45) is 11.7 Å². The minimum absolute atomic E-state index is 0. The normalized spacial score (nSPS) is 20.6. The van der Waals surface area contributed by atoms with Gasteiger partial charge in [-0.25, -0.2) is 9.89 Å². The maximum atomic E-state index is 13.3. The molecule has 0 spiro atoms. The van der Waals surface area contributed by atoms with Gasteiger partial charge in [0.1, 0.15) is 0 Å². The molecule has 1 aliphatic carbocycles. The average Bonchev–Trinajstić information content (AvgIpc) is 3.00. The highest BCUT2D eigenvalue weighted by atomic mass is 35.5. The quantitative estimate of drug-likeness (QED) is 0.827. The second-order valence-electron chi connectivity index (χ2n) is 6.61. The first-order valence-electron chi connectivity index (χ1n) is 8.34. The first kappa shape index (κ1) is 20.5. The van der Waals surface area contributed by atoms with E-state index in [-0.39, 0.29) is 29.9 Å². The molecule has 3 rings (SSSR count). The zero-order chi connectivity index (χ0) is 18.0. The molecule has 9 heteroatoms. The lowest BCUT2D eigenvalue weighted by molar-refractivity contribution is -0.138. The fourth-order valence-corrected chi connectivity index (χ4v) is 3.40. The molecule has 5 nitrogen and oxygen atoms in total. The number of nitrogens with one attached hydrogen (secondary N) is 1. The molecule has 1 aliphatic rings. The predicted molar refractivity (Wildman–Crippen MR) is 93.1 cm³/mol. The highest BCUT2D eigenvalue weighted by Gasteiger charge is 2.33. The Morgan fingerprint density at radius 1 is 1.23 bits per heavy atom. The van der Waals surface area contributed by atoms with Crippen LogP contribution in [0.3, 0.4) is 0 Å². The second-order valence-corrected chi connectivity index (χ2v) is 6.61. The average molecular weight is 392 g/mol. The van der Waals surface area contributed by atoms with E-state index in [0.29, 0.717) is 24.3 Å². The van der Waals surface area contributed by atoms with Crippen LogP contribution < -0.4 is 11.5 Å². The number of alkyl halides is 3. The highest BCUT2D eigenvalue weighted by molar-refractivity contribution is 5.85. The van der Waals surface area contributed by atoms with E-state index < -0.39 is 17.5 Å². The summed E-state index contributed by atoms with van der Waals surface area (Å²) < 4.78 is 44.7. The van der Waals surface area contributed by atoms with E-state index >= 15 is 0 Å². The molecule has 1 saturated carbocycles. The summed E-state index contributed by atoms with van der Waals surface area (Å²) in [4.78, 5) is 11.1. The van der Waals surface area contributed by atoms with Crippen LogP contribution >= 0.6 is 12.4 Å². The van der Waals surface area contributed by atoms with Crippen LogP contribution in [-0.2, 0) is 12.6 Å². The van der Waals surface area contributed by atoms with E-state index in [4.69, 9.17) is 10.2 Å². The van der Waals surface area contributed by atoms with Gasteiger partial charge in [-0.05, 0) is 68.2 Å². The third-order valence-corrected chi connectivity index (χ3v) is 4.81. The molecule has 1 heterocycles. The fourth-order valence-electron chi connectivity index (χ4n) is 3.40. The molecular formula is C17H21ClF3N3O2. The number of halogens is 4. The number of aromatic nitrogens is 2. The topological polar surface area (TPSA) is 84.9 Å². The summed E-state index contributed by atoms with van der Waals surface area (Å²) in [6.45, 7) is 0. The fraction of sp³-hybridized carbons (Fsp3) is 0.529. The Hall–Kier alpha value is -1.80. The number of hydrogen-bond donors (Lipinski definition) is 2. The van der Waals surface area contributed by atoms with E-state index in [9.17, 15) is 18.0 Å². The molecule has 0 atom stereocenters. The molecular weight excluding hydrogens is 371 g/mol. The summed E-state index contributed by atoms with van der Waals surface area (Å²) in [5, 5.41) is 5.79. The van der Waals surface area contributed by atoms with E-state index in [2.05, 4.69) is 10.2 Å². The molecule has 2 aromatic rings. The molecule has 1 fully saturated rings. The van der Waals surface area contributed by atoms with Crippen LogP contribution in [0, 0.1) is 5.92 Å². The van der Waals surface area contributed by atoms with Crippen molar-refractivity contribution in [3.05, 3.63) is 39.9 Å². The van der Waals surface area contributed by atoms with Crippen molar-refractivity contribution in [2.75, 3.05) is 0 Å². The third-order valence-electron chi connectivity index (χ3n) is 4.81. The maximum absolute atomic E-state index is 13.3. The molecule has 0 bridgehead atoms. The van der Waals surface area contributed by atoms with E-state index in [1.807, 2.05) is 0 Å². The first-order valence-corrected chi connectivity index (χ1v) is 8.34. The van der Waals surface area contributed by atoms with Gasteiger partial charge in [0.15, 0.2) is 0 Å². The number of aromatic amines is 1. The van der Waals surface area contributed by atoms with Crippen molar-refractivity contribution in [3.8, 4) is 11.5 Å². The Kier molecular flexibility index (Phi) is 6.52. The third kappa shape index (κ3) is 4.88. The zero-order valence-electron chi connectivity index (χ0n) is 14.0. The Bertz CT molecular complexity index is 780. The smallest absolute Gasteiger partial charge is 0.388 e. The molecule has 144 valence electrons. The highest BCUT2D eigenvalue weighted by Crippen LogP contribution is 2.36. The summed E-state index contributed by atoms with van der Waals surface area (Å²) in [7, 11) is 0. The van der Waals surface area contributed by atoms with Gasteiger partial charge in [-0.1, -0.05) is 0 Å². The van der Waals surface area contributed by atoms with E-state index in [0.717, 1.165) is 31.7 Å². The number of benzene rings is 1. The summed E-state index contributed by atoms with van der Waals surface area (Å²) in [5.41, 5.74) is 5.78. The Labute approximate surface area is 154 Å². The van der Waals surface area contributed by atoms with Gasteiger partial charge in [0.25, 0.3) is 0 Å². The summed E-state index contributed by atoms with van der Waals surface area (Å²) in [5.74, 6) is -0.355. The van der Waals surface area contributed by atoms with Crippen molar-refractivity contribution >= 4 is 12.4 Å². The van der Waals surface area contributed by atoms with Crippen molar-refractivity contribution in [3.63, 3.8) is 0 Å². The molecule has 1 aromatic carbocycles. The van der Waals surface area contributed by atoms with Gasteiger partial charge in [0.2, 0.25) is 5.89 Å². The van der Waals surface area contributed by atoms with Crippen molar-refractivity contribution in [1.82, 2.24) is 10.2 Å². The first-order chi connectivity index (χ1) is 11.8. The van der Waals surface area contributed by atoms with Crippen LogP contribution in [0.15, 0.2) is 27.4 Å². The largest absolute Gasteiger partial charge is 0.434 e.